The summed E-state index contributed by atoms with van der Waals surface area (Å²) in [5, 5.41) is 29.9. The molecule has 0 saturated carbocycles. The van der Waals surface area contributed by atoms with Gasteiger partial charge in [0.1, 0.15) is 0 Å². The van der Waals surface area contributed by atoms with Crippen LogP contribution >= 0.6 is 0 Å². The molecular formula is C28H38O3. The smallest absolute Gasteiger partial charge is 0.0825 e. The van der Waals surface area contributed by atoms with E-state index < -0.39 is 11.7 Å². The van der Waals surface area contributed by atoms with E-state index in [2.05, 4.69) is 37.3 Å². The maximum atomic E-state index is 10.4. The Hall–Kier alpha value is -2.20. The molecule has 168 valence electrons. The van der Waals surface area contributed by atoms with Gasteiger partial charge in [-0.15, -0.1) is 0 Å². The number of aliphatic hydroxyl groups excluding tert-OH is 2. The van der Waals surface area contributed by atoms with E-state index in [0.717, 1.165) is 36.0 Å². The highest BCUT2D eigenvalue weighted by Gasteiger charge is 2.16. The van der Waals surface area contributed by atoms with Crippen LogP contribution in [0.4, 0.5) is 0 Å². The number of allylic oxidation sites excluding steroid dienone is 3. The van der Waals surface area contributed by atoms with Crippen LogP contribution in [0.2, 0.25) is 0 Å². The zero-order valence-electron chi connectivity index (χ0n) is 19.4. The predicted molar refractivity (Wildman–Crippen MR) is 130 cm³/mol. The summed E-state index contributed by atoms with van der Waals surface area (Å²) in [6, 6.07) is 14.6. The van der Waals surface area contributed by atoms with Gasteiger partial charge in [0.25, 0.3) is 0 Å². The monoisotopic (exact) mass is 422 g/mol. The van der Waals surface area contributed by atoms with Gasteiger partial charge in [-0.05, 0) is 72.4 Å². The Balaban J connectivity index is 2.15. The van der Waals surface area contributed by atoms with Crippen molar-refractivity contribution in [1.82, 2.24) is 0 Å². The first kappa shape index (κ1) is 25.1. The summed E-state index contributed by atoms with van der Waals surface area (Å²) in [5.74, 6) is 0. The van der Waals surface area contributed by atoms with Crippen LogP contribution in [0.25, 0.3) is 5.57 Å². The SMILES string of the molecule is CC/C(=C\C=C\C(O)(CC)CC)c1cccc(CCc2ccc(CO)c(C(C)O)c2)c1. The standard InChI is InChI=1S/C28H38O3/c1-5-24(12-9-17-28(31,6-2)7-3)25-11-8-10-22(18-25)13-14-23-15-16-26(20-29)27(19-23)21(4)30/h8-12,15-19,21,29-31H,5-7,13-14,20H2,1-4H3/b17-9+,24-12+. The molecule has 0 radical (unpaired) electrons. The van der Waals surface area contributed by atoms with E-state index >= 15 is 0 Å². The van der Waals surface area contributed by atoms with Crippen molar-refractivity contribution in [1.29, 1.82) is 0 Å². The molecule has 0 bridgehead atoms. The first-order chi connectivity index (χ1) is 14.9. The van der Waals surface area contributed by atoms with Crippen LogP contribution in [0.5, 0.6) is 0 Å². The quantitative estimate of drug-likeness (QED) is 0.394. The largest absolute Gasteiger partial charge is 0.392 e. The summed E-state index contributed by atoms with van der Waals surface area (Å²) in [6.07, 6.45) is 9.53. The minimum Gasteiger partial charge on any atom is -0.392 e. The number of benzene rings is 2. The maximum absolute atomic E-state index is 10.4. The lowest BCUT2D eigenvalue weighted by atomic mass is 9.94. The predicted octanol–water partition coefficient (Wildman–Crippen LogP) is 5.92. The third-order valence-corrected chi connectivity index (χ3v) is 6.14. The van der Waals surface area contributed by atoms with E-state index in [4.69, 9.17) is 0 Å². The number of aliphatic hydroxyl groups is 3. The Bertz CT molecular complexity index is 889. The minimum absolute atomic E-state index is 0.0585. The van der Waals surface area contributed by atoms with Gasteiger partial charge < -0.3 is 15.3 Å². The Kier molecular flexibility index (Phi) is 9.70. The molecule has 3 nitrogen and oxygen atoms in total. The van der Waals surface area contributed by atoms with Crippen LogP contribution < -0.4 is 0 Å². The van der Waals surface area contributed by atoms with Crippen molar-refractivity contribution in [3.05, 3.63) is 88.5 Å². The zero-order chi connectivity index (χ0) is 22.9. The minimum atomic E-state index is -0.728. The summed E-state index contributed by atoms with van der Waals surface area (Å²) < 4.78 is 0. The van der Waals surface area contributed by atoms with E-state index in [1.165, 1.54) is 16.7 Å². The highest BCUT2D eigenvalue weighted by Crippen LogP contribution is 2.23. The van der Waals surface area contributed by atoms with Crippen LogP contribution in [0.1, 0.15) is 80.9 Å². The molecule has 1 atom stereocenters. The molecule has 3 N–H and O–H groups in total. The van der Waals surface area contributed by atoms with Crippen LogP contribution in [0, 0.1) is 0 Å². The van der Waals surface area contributed by atoms with E-state index in [-0.39, 0.29) is 6.61 Å². The number of aryl methyl sites for hydroxylation is 2. The molecule has 2 aromatic carbocycles. The Morgan fingerprint density at radius 1 is 1.00 bits per heavy atom. The lowest BCUT2D eigenvalue weighted by molar-refractivity contribution is 0.0828. The third kappa shape index (κ3) is 7.17. The highest BCUT2D eigenvalue weighted by atomic mass is 16.3. The fourth-order valence-electron chi connectivity index (χ4n) is 3.80. The van der Waals surface area contributed by atoms with E-state index in [1.807, 2.05) is 44.2 Å². The molecule has 0 fully saturated rings. The summed E-state index contributed by atoms with van der Waals surface area (Å²) >= 11 is 0. The van der Waals surface area contributed by atoms with Crippen LogP contribution in [-0.2, 0) is 19.4 Å². The molecule has 0 aromatic heterocycles. The fourth-order valence-corrected chi connectivity index (χ4v) is 3.80. The topological polar surface area (TPSA) is 60.7 Å². The van der Waals surface area contributed by atoms with Gasteiger partial charge in [0.2, 0.25) is 0 Å². The molecule has 0 aliphatic carbocycles. The van der Waals surface area contributed by atoms with Gasteiger partial charge >= 0.3 is 0 Å². The van der Waals surface area contributed by atoms with Crippen molar-refractivity contribution >= 4 is 5.57 Å². The average Bonchev–Trinajstić information content (AvgIpc) is 2.80. The van der Waals surface area contributed by atoms with Crippen molar-refractivity contribution in [3.8, 4) is 0 Å². The van der Waals surface area contributed by atoms with Gasteiger partial charge in [-0.3, -0.25) is 0 Å². The number of hydrogen-bond acceptors (Lipinski definition) is 3. The lowest BCUT2D eigenvalue weighted by Gasteiger charge is -2.20. The van der Waals surface area contributed by atoms with Crippen LogP contribution in [0.15, 0.2) is 60.7 Å². The number of hydrogen-bond donors (Lipinski definition) is 3. The fraction of sp³-hybridized carbons (Fsp3) is 0.429. The maximum Gasteiger partial charge on any atom is 0.0825 e. The van der Waals surface area contributed by atoms with Gasteiger partial charge in [0, 0.05) is 0 Å². The van der Waals surface area contributed by atoms with Crippen molar-refractivity contribution < 1.29 is 15.3 Å². The lowest BCUT2D eigenvalue weighted by Crippen LogP contribution is -2.22. The first-order valence-electron chi connectivity index (χ1n) is 11.5. The van der Waals surface area contributed by atoms with E-state index in [0.29, 0.717) is 12.8 Å². The molecular weight excluding hydrogens is 384 g/mol. The van der Waals surface area contributed by atoms with Gasteiger partial charge in [-0.1, -0.05) is 81.5 Å². The van der Waals surface area contributed by atoms with Gasteiger partial charge in [-0.25, -0.2) is 0 Å². The van der Waals surface area contributed by atoms with Crippen LogP contribution in [0.3, 0.4) is 0 Å². The zero-order valence-corrected chi connectivity index (χ0v) is 19.4. The summed E-state index contributed by atoms with van der Waals surface area (Å²) in [5.41, 5.74) is 5.74. The van der Waals surface area contributed by atoms with Gasteiger partial charge in [0.15, 0.2) is 0 Å². The molecule has 2 aromatic rings. The Morgan fingerprint density at radius 2 is 1.68 bits per heavy atom. The van der Waals surface area contributed by atoms with Crippen LogP contribution in [-0.4, -0.2) is 20.9 Å². The van der Waals surface area contributed by atoms with Gasteiger partial charge in [0.05, 0.1) is 18.3 Å². The van der Waals surface area contributed by atoms with Crippen molar-refractivity contribution in [3.63, 3.8) is 0 Å². The first-order valence-corrected chi connectivity index (χ1v) is 11.5. The summed E-state index contributed by atoms with van der Waals surface area (Å²) in [6.45, 7) is 7.83. The molecule has 0 amide bonds. The van der Waals surface area contributed by atoms with Crippen molar-refractivity contribution in [2.45, 2.75) is 78.1 Å². The average molecular weight is 423 g/mol. The number of rotatable bonds is 11. The molecule has 0 aliphatic rings. The molecule has 0 heterocycles. The molecule has 2 rings (SSSR count). The third-order valence-electron chi connectivity index (χ3n) is 6.14. The second-order valence-corrected chi connectivity index (χ2v) is 8.28. The Labute approximate surface area is 187 Å². The molecule has 0 saturated heterocycles. The molecule has 1 unspecified atom stereocenters. The molecule has 0 aliphatic heterocycles. The van der Waals surface area contributed by atoms with E-state index in [9.17, 15) is 15.3 Å². The van der Waals surface area contributed by atoms with Gasteiger partial charge in [-0.2, -0.15) is 0 Å². The normalized spacial score (nSPS) is 13.7. The van der Waals surface area contributed by atoms with E-state index in [1.54, 1.807) is 6.92 Å². The summed E-state index contributed by atoms with van der Waals surface area (Å²) in [7, 11) is 0. The summed E-state index contributed by atoms with van der Waals surface area (Å²) in [4.78, 5) is 0. The Morgan fingerprint density at radius 3 is 2.26 bits per heavy atom. The highest BCUT2D eigenvalue weighted by molar-refractivity contribution is 5.67. The molecule has 0 spiro atoms. The molecule has 31 heavy (non-hydrogen) atoms. The second kappa shape index (κ2) is 12.0. The molecule has 3 heteroatoms. The van der Waals surface area contributed by atoms with Crippen molar-refractivity contribution in [2.24, 2.45) is 0 Å². The second-order valence-electron chi connectivity index (χ2n) is 8.28. The van der Waals surface area contributed by atoms with Crippen molar-refractivity contribution in [2.75, 3.05) is 0 Å².